The van der Waals surface area contributed by atoms with Crippen LogP contribution in [0.2, 0.25) is 0 Å². The van der Waals surface area contributed by atoms with E-state index in [1.807, 2.05) is 19.1 Å². The van der Waals surface area contributed by atoms with Gasteiger partial charge in [-0.2, -0.15) is 4.39 Å². The summed E-state index contributed by atoms with van der Waals surface area (Å²) in [5.74, 6) is -1.30. The quantitative estimate of drug-likeness (QED) is 0.165. The molecule has 0 radical (unpaired) electrons. The maximum atomic E-state index is 14.7. The largest absolute Gasteiger partial charge is 0.490 e. The van der Waals surface area contributed by atoms with Gasteiger partial charge >= 0.3 is 5.97 Å². The predicted octanol–water partition coefficient (Wildman–Crippen LogP) is 7.38. The summed E-state index contributed by atoms with van der Waals surface area (Å²) < 4.78 is 25.6. The second kappa shape index (κ2) is 12.0. The Morgan fingerprint density at radius 2 is 1.46 bits per heavy atom. The van der Waals surface area contributed by atoms with Crippen LogP contribution in [-0.2, 0) is 30.5 Å². The van der Waals surface area contributed by atoms with Crippen LogP contribution in [-0.4, -0.2) is 12.6 Å². The fourth-order valence-electron chi connectivity index (χ4n) is 4.56. The van der Waals surface area contributed by atoms with E-state index in [0.29, 0.717) is 18.6 Å². The molecule has 4 heteroatoms. The number of carbonyl (C=O) groups excluding carboxylic acids is 1. The molecule has 3 aromatic rings. The average molecular weight is 475 g/mol. The van der Waals surface area contributed by atoms with Gasteiger partial charge in [0.1, 0.15) is 0 Å². The van der Waals surface area contributed by atoms with E-state index in [4.69, 9.17) is 9.47 Å². The number of carbonyl (C=O) groups is 1. The molecule has 1 unspecified atom stereocenters. The van der Waals surface area contributed by atoms with Crippen molar-refractivity contribution in [2.75, 3.05) is 6.61 Å². The van der Waals surface area contributed by atoms with Crippen LogP contribution in [0.5, 0.6) is 11.5 Å². The highest BCUT2D eigenvalue weighted by molar-refractivity contribution is 5.83. The van der Waals surface area contributed by atoms with Crippen LogP contribution in [0, 0.1) is 5.82 Å². The summed E-state index contributed by atoms with van der Waals surface area (Å²) in [5.41, 5.74) is 5.57. The van der Waals surface area contributed by atoms with Gasteiger partial charge in [-0.05, 0) is 72.4 Å². The van der Waals surface area contributed by atoms with Crippen molar-refractivity contribution < 1.29 is 18.7 Å². The van der Waals surface area contributed by atoms with Crippen molar-refractivity contribution in [3.05, 3.63) is 94.3 Å². The SMILES string of the molecule is CCCCCc1ccc(CCc2ccc(C3Cc4ccc(OCCC)c(F)c4OC3=O)cc2)cc1. The van der Waals surface area contributed by atoms with Gasteiger partial charge in [-0.15, -0.1) is 0 Å². The van der Waals surface area contributed by atoms with Crippen LogP contribution < -0.4 is 9.47 Å². The highest BCUT2D eigenvalue weighted by Crippen LogP contribution is 2.38. The third-order valence-corrected chi connectivity index (χ3v) is 6.69. The molecule has 3 nitrogen and oxygen atoms in total. The molecule has 3 aromatic carbocycles. The standard InChI is InChI=1S/C31H35FO3/c1-3-5-6-7-22-8-10-23(11-9-22)12-13-24-14-16-25(17-15-24)27-21-26-18-19-28(34-20-4-2)29(32)30(26)35-31(27)33/h8-11,14-19,27H,3-7,12-13,20-21H2,1-2H3. The molecular formula is C31H35FO3. The van der Waals surface area contributed by atoms with Crippen molar-refractivity contribution in [3.8, 4) is 11.5 Å². The molecule has 0 N–H and O–H groups in total. The van der Waals surface area contributed by atoms with Gasteiger partial charge < -0.3 is 9.47 Å². The second-order valence-corrected chi connectivity index (χ2v) is 9.41. The van der Waals surface area contributed by atoms with E-state index in [1.54, 1.807) is 12.1 Å². The lowest BCUT2D eigenvalue weighted by atomic mass is 9.88. The first-order valence-corrected chi connectivity index (χ1v) is 12.9. The first-order valence-electron chi connectivity index (χ1n) is 12.9. The number of fused-ring (bicyclic) bond motifs is 1. The van der Waals surface area contributed by atoms with Gasteiger partial charge in [0, 0.05) is 0 Å². The number of esters is 1. The Hall–Kier alpha value is -3.14. The van der Waals surface area contributed by atoms with Crippen molar-refractivity contribution in [1.29, 1.82) is 0 Å². The van der Waals surface area contributed by atoms with E-state index >= 15 is 0 Å². The number of ether oxygens (including phenoxy) is 2. The summed E-state index contributed by atoms with van der Waals surface area (Å²) in [5, 5.41) is 0. The van der Waals surface area contributed by atoms with Gasteiger partial charge in [-0.1, -0.05) is 81.3 Å². The molecule has 0 aromatic heterocycles. The smallest absolute Gasteiger partial charge is 0.319 e. The van der Waals surface area contributed by atoms with E-state index in [1.165, 1.54) is 36.0 Å². The molecule has 0 bridgehead atoms. The zero-order chi connectivity index (χ0) is 24.6. The molecule has 0 spiro atoms. The van der Waals surface area contributed by atoms with Crippen LogP contribution in [0.15, 0.2) is 60.7 Å². The van der Waals surface area contributed by atoms with Crippen molar-refractivity contribution in [3.63, 3.8) is 0 Å². The summed E-state index contributed by atoms with van der Waals surface area (Å²) in [6, 6.07) is 20.6. The molecule has 4 rings (SSSR count). The molecule has 0 fully saturated rings. The number of aryl methyl sites for hydroxylation is 3. The maximum Gasteiger partial charge on any atom is 0.319 e. The maximum absolute atomic E-state index is 14.7. The molecule has 0 aliphatic carbocycles. The Kier molecular flexibility index (Phi) is 8.57. The van der Waals surface area contributed by atoms with E-state index in [2.05, 4.69) is 43.3 Å². The minimum absolute atomic E-state index is 0.00727. The number of rotatable bonds is 11. The third-order valence-electron chi connectivity index (χ3n) is 6.69. The number of hydrogen-bond acceptors (Lipinski definition) is 3. The lowest BCUT2D eigenvalue weighted by molar-refractivity contribution is -0.137. The molecular weight excluding hydrogens is 439 g/mol. The number of unbranched alkanes of at least 4 members (excludes halogenated alkanes) is 2. The summed E-state index contributed by atoms with van der Waals surface area (Å²) in [6.45, 7) is 4.61. The van der Waals surface area contributed by atoms with E-state index in [9.17, 15) is 9.18 Å². The van der Waals surface area contributed by atoms with E-state index in [0.717, 1.165) is 31.2 Å². The highest BCUT2D eigenvalue weighted by Gasteiger charge is 2.32. The third kappa shape index (κ3) is 6.30. The topological polar surface area (TPSA) is 35.5 Å². The normalized spacial score (nSPS) is 14.9. The summed E-state index contributed by atoms with van der Waals surface area (Å²) in [4.78, 5) is 12.7. The summed E-state index contributed by atoms with van der Waals surface area (Å²) >= 11 is 0. The zero-order valence-electron chi connectivity index (χ0n) is 20.8. The van der Waals surface area contributed by atoms with Crippen LogP contribution in [0.1, 0.15) is 73.3 Å². The molecule has 0 amide bonds. The van der Waals surface area contributed by atoms with Crippen LogP contribution in [0.4, 0.5) is 4.39 Å². The Morgan fingerprint density at radius 3 is 2.09 bits per heavy atom. The first kappa shape index (κ1) is 25.0. The van der Waals surface area contributed by atoms with Crippen molar-refractivity contribution in [2.45, 2.75) is 71.1 Å². The average Bonchev–Trinajstić information content (AvgIpc) is 2.88. The summed E-state index contributed by atoms with van der Waals surface area (Å²) in [6.07, 6.45) is 8.07. The van der Waals surface area contributed by atoms with Crippen LogP contribution in [0.3, 0.4) is 0 Å². The monoisotopic (exact) mass is 474 g/mol. The van der Waals surface area contributed by atoms with Crippen LogP contribution >= 0.6 is 0 Å². The van der Waals surface area contributed by atoms with E-state index < -0.39 is 17.7 Å². The molecule has 1 aliphatic rings. The Balaban J connectivity index is 1.36. The second-order valence-electron chi connectivity index (χ2n) is 9.41. The number of hydrogen-bond donors (Lipinski definition) is 0. The lowest BCUT2D eigenvalue weighted by Gasteiger charge is -2.24. The lowest BCUT2D eigenvalue weighted by Crippen LogP contribution is -2.26. The summed E-state index contributed by atoms with van der Waals surface area (Å²) in [7, 11) is 0. The van der Waals surface area contributed by atoms with Gasteiger partial charge in [-0.25, -0.2) is 0 Å². The van der Waals surface area contributed by atoms with Crippen molar-refractivity contribution in [1.82, 2.24) is 0 Å². The minimum Gasteiger partial charge on any atom is -0.490 e. The molecule has 0 saturated heterocycles. The number of benzene rings is 3. The fraction of sp³-hybridized carbons (Fsp3) is 0.387. The molecule has 35 heavy (non-hydrogen) atoms. The predicted molar refractivity (Wildman–Crippen MR) is 138 cm³/mol. The minimum atomic E-state index is -0.591. The van der Waals surface area contributed by atoms with Gasteiger partial charge in [0.05, 0.1) is 12.5 Å². The van der Waals surface area contributed by atoms with Gasteiger partial charge in [0.15, 0.2) is 11.5 Å². The first-order chi connectivity index (χ1) is 17.1. The van der Waals surface area contributed by atoms with Crippen molar-refractivity contribution >= 4 is 5.97 Å². The molecule has 1 heterocycles. The number of halogens is 1. The van der Waals surface area contributed by atoms with Crippen LogP contribution in [0.25, 0.3) is 0 Å². The van der Waals surface area contributed by atoms with Gasteiger partial charge in [0.2, 0.25) is 5.82 Å². The Labute approximate surface area is 208 Å². The van der Waals surface area contributed by atoms with Gasteiger partial charge in [-0.3, -0.25) is 4.79 Å². The van der Waals surface area contributed by atoms with Crippen molar-refractivity contribution in [2.24, 2.45) is 0 Å². The fourth-order valence-corrected chi connectivity index (χ4v) is 4.56. The molecule has 1 atom stereocenters. The molecule has 184 valence electrons. The van der Waals surface area contributed by atoms with E-state index in [-0.39, 0.29) is 11.5 Å². The highest BCUT2D eigenvalue weighted by atomic mass is 19.1. The molecule has 1 aliphatic heterocycles. The zero-order valence-corrected chi connectivity index (χ0v) is 20.8. The van der Waals surface area contributed by atoms with Gasteiger partial charge in [0.25, 0.3) is 0 Å². The molecule has 0 saturated carbocycles. The Bertz CT molecular complexity index is 1120. The Morgan fingerprint density at radius 1 is 0.829 bits per heavy atom.